The van der Waals surface area contributed by atoms with Gasteiger partial charge in [0.2, 0.25) is 5.91 Å². The van der Waals surface area contributed by atoms with E-state index >= 15 is 0 Å². The van der Waals surface area contributed by atoms with Gasteiger partial charge in [0.1, 0.15) is 5.39 Å². The van der Waals surface area contributed by atoms with Gasteiger partial charge in [0.25, 0.3) is 5.56 Å². The SMILES string of the molecule is CC(Sc1nc2c(cnn2-c2ccccc2)c(=O)[nH]1)C(=O)NC(=O)NC1CCCC1. The van der Waals surface area contributed by atoms with E-state index in [2.05, 4.69) is 25.7 Å². The minimum atomic E-state index is -0.631. The van der Waals surface area contributed by atoms with Crippen LogP contribution < -0.4 is 16.2 Å². The number of urea groups is 1. The van der Waals surface area contributed by atoms with Gasteiger partial charge in [-0.1, -0.05) is 42.8 Å². The molecule has 0 aliphatic heterocycles. The molecular weight excluding hydrogens is 404 g/mol. The molecule has 2 heterocycles. The topological polar surface area (TPSA) is 122 Å². The van der Waals surface area contributed by atoms with Crippen LogP contribution in [0.1, 0.15) is 32.6 Å². The summed E-state index contributed by atoms with van der Waals surface area (Å²) in [5.74, 6) is -0.449. The van der Waals surface area contributed by atoms with Crippen LogP contribution in [0.15, 0.2) is 46.5 Å². The van der Waals surface area contributed by atoms with Crippen molar-refractivity contribution in [2.75, 3.05) is 0 Å². The molecule has 3 N–H and O–H groups in total. The van der Waals surface area contributed by atoms with Crippen LogP contribution in [-0.2, 0) is 4.79 Å². The minimum Gasteiger partial charge on any atom is -0.335 e. The predicted molar refractivity (Wildman–Crippen MR) is 114 cm³/mol. The maximum absolute atomic E-state index is 12.4. The van der Waals surface area contributed by atoms with Crippen molar-refractivity contribution in [3.63, 3.8) is 0 Å². The number of aromatic nitrogens is 4. The number of thioether (sulfide) groups is 1. The van der Waals surface area contributed by atoms with E-state index in [1.165, 1.54) is 6.20 Å². The van der Waals surface area contributed by atoms with Crippen LogP contribution in [0.5, 0.6) is 0 Å². The highest BCUT2D eigenvalue weighted by Crippen LogP contribution is 2.22. The largest absolute Gasteiger partial charge is 0.335 e. The summed E-state index contributed by atoms with van der Waals surface area (Å²) in [6, 6.07) is 8.99. The molecule has 9 nitrogen and oxygen atoms in total. The molecule has 30 heavy (non-hydrogen) atoms. The summed E-state index contributed by atoms with van der Waals surface area (Å²) in [5.41, 5.74) is 0.839. The molecular formula is C20H22N6O3S. The lowest BCUT2D eigenvalue weighted by Gasteiger charge is -2.14. The summed E-state index contributed by atoms with van der Waals surface area (Å²) in [6.45, 7) is 1.65. The Balaban J connectivity index is 1.48. The summed E-state index contributed by atoms with van der Waals surface area (Å²) in [5, 5.41) is 9.45. The Labute approximate surface area is 176 Å². The van der Waals surface area contributed by atoms with E-state index in [0.29, 0.717) is 11.0 Å². The number of para-hydroxylation sites is 1. The van der Waals surface area contributed by atoms with Crippen molar-refractivity contribution < 1.29 is 9.59 Å². The standard InChI is InChI=1S/C20H22N6O3S/c1-12(17(27)24-19(29)22-13-7-5-6-8-13)30-20-23-16-15(18(28)25-20)11-21-26(16)14-9-3-2-4-10-14/h2-4,9-13H,5-8H2,1H3,(H,23,25,28)(H2,22,24,27,29). The number of benzene rings is 1. The average molecular weight is 427 g/mol. The van der Waals surface area contributed by atoms with Gasteiger partial charge in [-0.2, -0.15) is 5.10 Å². The third-order valence-electron chi connectivity index (χ3n) is 5.00. The van der Waals surface area contributed by atoms with Crippen LogP contribution in [0.3, 0.4) is 0 Å². The number of hydrogen-bond donors (Lipinski definition) is 3. The quantitative estimate of drug-likeness (QED) is 0.425. The number of H-pyrrole nitrogens is 1. The molecule has 3 amide bonds. The van der Waals surface area contributed by atoms with E-state index in [4.69, 9.17) is 0 Å². The summed E-state index contributed by atoms with van der Waals surface area (Å²) in [7, 11) is 0. The van der Waals surface area contributed by atoms with Gasteiger partial charge >= 0.3 is 6.03 Å². The van der Waals surface area contributed by atoms with Crippen LogP contribution in [0.2, 0.25) is 0 Å². The number of imide groups is 1. The molecule has 1 aliphatic rings. The van der Waals surface area contributed by atoms with Crippen LogP contribution >= 0.6 is 11.8 Å². The minimum absolute atomic E-state index is 0.125. The van der Waals surface area contributed by atoms with Crippen LogP contribution in [0.25, 0.3) is 16.7 Å². The lowest BCUT2D eigenvalue weighted by atomic mass is 10.2. The number of carbonyl (C=O) groups is 2. The Bertz CT molecular complexity index is 1120. The summed E-state index contributed by atoms with van der Waals surface area (Å²) < 4.78 is 1.58. The Morgan fingerprint density at radius 2 is 1.97 bits per heavy atom. The van der Waals surface area contributed by atoms with E-state index in [0.717, 1.165) is 43.1 Å². The lowest BCUT2D eigenvalue weighted by molar-refractivity contribution is -0.119. The highest BCUT2D eigenvalue weighted by atomic mass is 32.2. The van der Waals surface area contributed by atoms with Gasteiger partial charge in [0.15, 0.2) is 10.8 Å². The maximum Gasteiger partial charge on any atom is 0.321 e. The number of carbonyl (C=O) groups excluding carboxylic acids is 2. The highest BCUT2D eigenvalue weighted by molar-refractivity contribution is 8.00. The fourth-order valence-corrected chi connectivity index (χ4v) is 4.23. The number of hydrogen-bond acceptors (Lipinski definition) is 6. The number of amides is 3. The monoisotopic (exact) mass is 426 g/mol. The van der Waals surface area contributed by atoms with Crippen molar-refractivity contribution in [2.24, 2.45) is 0 Å². The van der Waals surface area contributed by atoms with Gasteiger partial charge in [-0.3, -0.25) is 14.9 Å². The zero-order chi connectivity index (χ0) is 21.1. The molecule has 1 aromatic carbocycles. The summed E-state index contributed by atoms with van der Waals surface area (Å²) in [4.78, 5) is 44.0. The van der Waals surface area contributed by atoms with E-state index in [1.54, 1.807) is 11.6 Å². The summed E-state index contributed by atoms with van der Waals surface area (Å²) in [6.07, 6.45) is 5.52. The molecule has 1 unspecified atom stereocenters. The van der Waals surface area contributed by atoms with Crippen molar-refractivity contribution in [2.45, 2.75) is 49.1 Å². The van der Waals surface area contributed by atoms with E-state index < -0.39 is 17.2 Å². The number of rotatable bonds is 5. The second kappa shape index (κ2) is 8.70. The van der Waals surface area contributed by atoms with E-state index in [-0.39, 0.29) is 16.8 Å². The van der Waals surface area contributed by atoms with Crippen molar-refractivity contribution in [3.05, 3.63) is 46.9 Å². The molecule has 0 radical (unpaired) electrons. The first-order valence-electron chi connectivity index (χ1n) is 9.83. The fourth-order valence-electron chi connectivity index (χ4n) is 3.44. The molecule has 2 aromatic heterocycles. The third-order valence-corrected chi connectivity index (χ3v) is 5.99. The molecule has 4 rings (SSSR count). The van der Waals surface area contributed by atoms with Crippen LogP contribution in [0.4, 0.5) is 4.79 Å². The second-order valence-electron chi connectivity index (χ2n) is 7.20. The first-order chi connectivity index (χ1) is 14.5. The maximum atomic E-state index is 12.4. The highest BCUT2D eigenvalue weighted by Gasteiger charge is 2.22. The van der Waals surface area contributed by atoms with Gasteiger partial charge in [-0.05, 0) is 31.9 Å². The summed E-state index contributed by atoms with van der Waals surface area (Å²) >= 11 is 1.07. The molecule has 156 valence electrons. The van der Waals surface area contributed by atoms with Crippen molar-refractivity contribution in [3.8, 4) is 5.69 Å². The Hall–Kier alpha value is -3.14. The fraction of sp³-hybridized carbons (Fsp3) is 0.350. The second-order valence-corrected chi connectivity index (χ2v) is 8.53. The van der Waals surface area contributed by atoms with Gasteiger partial charge in [0, 0.05) is 6.04 Å². The van der Waals surface area contributed by atoms with Crippen molar-refractivity contribution >= 4 is 34.7 Å². The first-order valence-corrected chi connectivity index (χ1v) is 10.7. The van der Waals surface area contributed by atoms with Crippen molar-refractivity contribution in [1.29, 1.82) is 0 Å². The average Bonchev–Trinajstić information content (AvgIpc) is 3.38. The van der Waals surface area contributed by atoms with Crippen molar-refractivity contribution in [1.82, 2.24) is 30.4 Å². The number of nitrogens with one attached hydrogen (secondary N) is 3. The molecule has 10 heteroatoms. The van der Waals surface area contributed by atoms with E-state index in [1.807, 2.05) is 30.3 Å². The van der Waals surface area contributed by atoms with Gasteiger partial charge in [-0.25, -0.2) is 14.5 Å². The zero-order valence-corrected chi connectivity index (χ0v) is 17.2. The van der Waals surface area contributed by atoms with Crippen LogP contribution in [-0.4, -0.2) is 43.0 Å². The Morgan fingerprint density at radius 3 is 2.70 bits per heavy atom. The van der Waals surface area contributed by atoms with Crippen LogP contribution in [0, 0.1) is 0 Å². The molecule has 0 saturated heterocycles. The lowest BCUT2D eigenvalue weighted by Crippen LogP contribution is -2.46. The van der Waals surface area contributed by atoms with E-state index in [9.17, 15) is 14.4 Å². The zero-order valence-electron chi connectivity index (χ0n) is 16.4. The van der Waals surface area contributed by atoms with Gasteiger partial charge in [0.05, 0.1) is 17.1 Å². The Kier molecular flexibility index (Phi) is 5.84. The smallest absolute Gasteiger partial charge is 0.321 e. The molecule has 1 aliphatic carbocycles. The molecule has 1 saturated carbocycles. The number of fused-ring (bicyclic) bond motifs is 1. The molecule has 0 bridgehead atoms. The molecule has 3 aromatic rings. The van der Waals surface area contributed by atoms with Gasteiger partial charge < -0.3 is 10.3 Å². The third kappa shape index (κ3) is 4.38. The molecule has 1 fully saturated rings. The van der Waals surface area contributed by atoms with Gasteiger partial charge in [-0.15, -0.1) is 0 Å². The number of aromatic amines is 1. The molecule has 0 spiro atoms. The normalized spacial score (nSPS) is 15.2. The Morgan fingerprint density at radius 1 is 1.23 bits per heavy atom. The number of nitrogens with zero attached hydrogens (tertiary/aromatic N) is 3. The predicted octanol–water partition coefficient (Wildman–Crippen LogP) is 2.36. The molecule has 1 atom stereocenters. The first kappa shape index (κ1) is 20.1.